The first-order valence-electron chi connectivity index (χ1n) is 8.08. The molecule has 2 aromatic rings. The zero-order valence-corrected chi connectivity index (χ0v) is 15.1. The molecule has 1 N–H and O–H groups in total. The lowest BCUT2D eigenvalue weighted by atomic mass is 10.1. The Bertz CT molecular complexity index is 771. The number of nitrogens with zero attached hydrogens (tertiary/aromatic N) is 3. The fourth-order valence-corrected chi connectivity index (χ4v) is 2.98. The lowest BCUT2D eigenvalue weighted by Crippen LogP contribution is -2.24. The molecule has 0 aliphatic heterocycles. The van der Waals surface area contributed by atoms with E-state index in [-0.39, 0.29) is 5.56 Å². The Morgan fingerprint density at radius 1 is 1.21 bits per heavy atom. The summed E-state index contributed by atoms with van der Waals surface area (Å²) in [5.41, 5.74) is 2.03. The largest absolute Gasteiger partial charge is 0.372 e. The summed E-state index contributed by atoms with van der Waals surface area (Å²) in [6.45, 7) is 6.35. The molecule has 0 saturated heterocycles. The quantitative estimate of drug-likeness (QED) is 0.614. The van der Waals surface area contributed by atoms with Gasteiger partial charge in [0.05, 0.1) is 5.69 Å². The molecule has 0 aliphatic rings. The minimum absolute atomic E-state index is 0.0551. The van der Waals surface area contributed by atoms with Crippen LogP contribution in [0.2, 0.25) is 0 Å². The van der Waals surface area contributed by atoms with Gasteiger partial charge in [-0.25, -0.2) is 4.98 Å². The Balaban J connectivity index is 2.43. The van der Waals surface area contributed by atoms with Gasteiger partial charge in [-0.3, -0.25) is 4.79 Å². The molecule has 126 valence electrons. The minimum Gasteiger partial charge on any atom is -0.372 e. The predicted molar refractivity (Wildman–Crippen MR) is 99.6 cm³/mol. The maximum atomic E-state index is 12.0. The molecule has 6 heteroatoms. The lowest BCUT2D eigenvalue weighted by molar-refractivity contribution is 0.745. The Labute approximate surface area is 146 Å². The molecule has 1 heterocycles. The van der Waals surface area contributed by atoms with Crippen LogP contribution in [0.1, 0.15) is 32.3 Å². The van der Waals surface area contributed by atoms with E-state index in [0.29, 0.717) is 10.9 Å². The lowest BCUT2D eigenvalue weighted by Gasteiger charge is -2.24. The second-order valence-electron chi connectivity index (χ2n) is 5.44. The standard InChI is InChI=1S/C18H22N4OS/c1-4-10-22(11-5-2)14-8-6-13(7-9-14)16-15(12-19)17(23)21-18(20-16)24-3/h6-9H,4-5,10-11H2,1-3H3,(H,20,21,23). The van der Waals surface area contributed by atoms with Crippen molar-refractivity contribution < 1.29 is 0 Å². The zero-order valence-electron chi connectivity index (χ0n) is 14.3. The fraction of sp³-hybridized carbons (Fsp3) is 0.389. The van der Waals surface area contributed by atoms with Gasteiger partial charge < -0.3 is 9.88 Å². The number of H-pyrrole nitrogens is 1. The molecule has 0 amide bonds. The Morgan fingerprint density at radius 2 is 1.83 bits per heavy atom. The molecular weight excluding hydrogens is 320 g/mol. The van der Waals surface area contributed by atoms with Crippen LogP contribution in [0.3, 0.4) is 0 Å². The molecule has 0 unspecified atom stereocenters. The van der Waals surface area contributed by atoms with E-state index in [1.807, 2.05) is 36.6 Å². The maximum Gasteiger partial charge on any atom is 0.270 e. The van der Waals surface area contributed by atoms with Crippen molar-refractivity contribution in [3.05, 3.63) is 40.2 Å². The number of rotatable bonds is 7. The molecule has 0 aliphatic carbocycles. The highest BCUT2D eigenvalue weighted by Gasteiger charge is 2.13. The summed E-state index contributed by atoms with van der Waals surface area (Å²) < 4.78 is 0. The fourth-order valence-electron chi connectivity index (χ4n) is 2.60. The number of thioether (sulfide) groups is 1. The van der Waals surface area contributed by atoms with E-state index in [0.717, 1.165) is 37.2 Å². The van der Waals surface area contributed by atoms with E-state index < -0.39 is 5.56 Å². The average Bonchev–Trinajstić information content (AvgIpc) is 2.61. The van der Waals surface area contributed by atoms with Crippen LogP contribution >= 0.6 is 11.8 Å². The first-order chi connectivity index (χ1) is 11.6. The molecule has 0 atom stereocenters. The number of aromatic nitrogens is 2. The van der Waals surface area contributed by atoms with Crippen molar-refractivity contribution in [1.82, 2.24) is 9.97 Å². The van der Waals surface area contributed by atoms with Gasteiger partial charge in [0, 0.05) is 24.3 Å². The van der Waals surface area contributed by atoms with Gasteiger partial charge in [-0.2, -0.15) is 5.26 Å². The summed E-state index contributed by atoms with van der Waals surface area (Å²) in [6.07, 6.45) is 4.02. The highest BCUT2D eigenvalue weighted by Crippen LogP contribution is 2.24. The van der Waals surface area contributed by atoms with Gasteiger partial charge in [0.2, 0.25) is 0 Å². The third-order valence-corrected chi connectivity index (χ3v) is 4.28. The van der Waals surface area contributed by atoms with Crippen LogP contribution in [0.25, 0.3) is 11.3 Å². The first-order valence-corrected chi connectivity index (χ1v) is 9.30. The summed E-state index contributed by atoms with van der Waals surface area (Å²) in [4.78, 5) is 21.4. The number of nitrogens with one attached hydrogen (secondary N) is 1. The smallest absolute Gasteiger partial charge is 0.270 e. The summed E-state index contributed by atoms with van der Waals surface area (Å²) >= 11 is 1.35. The molecule has 1 aromatic heterocycles. The van der Waals surface area contributed by atoms with Gasteiger partial charge in [0.15, 0.2) is 5.16 Å². The van der Waals surface area contributed by atoms with Crippen molar-refractivity contribution in [3.8, 4) is 17.3 Å². The Kier molecular flexibility index (Phi) is 6.44. The average molecular weight is 342 g/mol. The summed E-state index contributed by atoms with van der Waals surface area (Å²) in [5, 5.41) is 9.79. The second kappa shape index (κ2) is 8.55. The molecule has 0 bridgehead atoms. The van der Waals surface area contributed by atoms with Crippen LogP contribution in [0.4, 0.5) is 5.69 Å². The van der Waals surface area contributed by atoms with E-state index in [9.17, 15) is 10.1 Å². The molecular formula is C18H22N4OS. The summed E-state index contributed by atoms with van der Waals surface area (Å²) in [5.74, 6) is 0. The number of hydrogen-bond donors (Lipinski definition) is 1. The van der Waals surface area contributed by atoms with Crippen LogP contribution in [0.5, 0.6) is 0 Å². The zero-order chi connectivity index (χ0) is 17.5. The monoisotopic (exact) mass is 342 g/mol. The van der Waals surface area contributed by atoms with Gasteiger partial charge in [-0.1, -0.05) is 37.7 Å². The van der Waals surface area contributed by atoms with Crippen LogP contribution in [-0.4, -0.2) is 29.3 Å². The van der Waals surface area contributed by atoms with Crippen molar-refractivity contribution in [2.75, 3.05) is 24.2 Å². The number of benzene rings is 1. The maximum absolute atomic E-state index is 12.0. The van der Waals surface area contributed by atoms with Crippen LogP contribution < -0.4 is 10.5 Å². The minimum atomic E-state index is -0.394. The topological polar surface area (TPSA) is 72.8 Å². The molecule has 5 nitrogen and oxygen atoms in total. The van der Waals surface area contributed by atoms with Gasteiger partial charge in [0.25, 0.3) is 5.56 Å². The number of hydrogen-bond acceptors (Lipinski definition) is 5. The van der Waals surface area contributed by atoms with E-state index in [1.54, 1.807) is 0 Å². The molecule has 24 heavy (non-hydrogen) atoms. The predicted octanol–water partition coefficient (Wildman–Crippen LogP) is 3.66. The van der Waals surface area contributed by atoms with Crippen molar-refractivity contribution in [2.45, 2.75) is 31.8 Å². The van der Waals surface area contributed by atoms with Gasteiger partial charge in [0.1, 0.15) is 11.6 Å². The Hall–Kier alpha value is -2.26. The third kappa shape index (κ3) is 3.98. The SMILES string of the molecule is CCCN(CCC)c1ccc(-c2nc(SC)[nH]c(=O)c2C#N)cc1. The second-order valence-corrected chi connectivity index (χ2v) is 6.24. The Morgan fingerprint density at radius 3 is 2.33 bits per heavy atom. The highest BCUT2D eigenvalue weighted by molar-refractivity contribution is 7.98. The van der Waals surface area contributed by atoms with Crippen molar-refractivity contribution in [1.29, 1.82) is 5.26 Å². The van der Waals surface area contributed by atoms with Crippen molar-refractivity contribution in [2.24, 2.45) is 0 Å². The number of anilines is 1. The molecule has 1 aromatic carbocycles. The van der Waals surface area contributed by atoms with Crippen LogP contribution in [0.15, 0.2) is 34.2 Å². The van der Waals surface area contributed by atoms with E-state index in [1.165, 1.54) is 11.8 Å². The molecule has 0 fully saturated rings. The molecule has 0 radical (unpaired) electrons. The third-order valence-electron chi connectivity index (χ3n) is 3.70. The van der Waals surface area contributed by atoms with Crippen molar-refractivity contribution in [3.63, 3.8) is 0 Å². The molecule has 0 saturated carbocycles. The first kappa shape index (κ1) is 18.1. The van der Waals surface area contributed by atoms with Crippen LogP contribution in [-0.2, 0) is 0 Å². The van der Waals surface area contributed by atoms with Gasteiger partial charge in [-0.15, -0.1) is 0 Å². The number of aromatic amines is 1. The summed E-state index contributed by atoms with van der Waals surface area (Å²) in [7, 11) is 0. The molecule has 2 rings (SSSR count). The normalized spacial score (nSPS) is 10.4. The van der Waals surface area contributed by atoms with Crippen molar-refractivity contribution >= 4 is 17.4 Å². The molecule has 0 spiro atoms. The van der Waals surface area contributed by atoms with Crippen LogP contribution in [0, 0.1) is 11.3 Å². The van der Waals surface area contributed by atoms with E-state index >= 15 is 0 Å². The number of nitriles is 1. The van der Waals surface area contributed by atoms with E-state index in [2.05, 4.69) is 28.7 Å². The summed E-state index contributed by atoms with van der Waals surface area (Å²) in [6, 6.07) is 9.89. The van der Waals surface area contributed by atoms with Gasteiger partial charge in [-0.05, 0) is 31.2 Å². The highest BCUT2D eigenvalue weighted by atomic mass is 32.2. The van der Waals surface area contributed by atoms with Gasteiger partial charge >= 0.3 is 0 Å². The van der Waals surface area contributed by atoms with E-state index in [4.69, 9.17) is 0 Å².